The summed E-state index contributed by atoms with van der Waals surface area (Å²) in [5.74, 6) is -0.207. The van der Waals surface area contributed by atoms with Crippen LogP contribution in [0.3, 0.4) is 0 Å². The highest BCUT2D eigenvalue weighted by atomic mass is 31.2. The molecule has 0 saturated carbocycles. The molecule has 0 bridgehead atoms. The van der Waals surface area contributed by atoms with Gasteiger partial charge in [0.25, 0.3) is 7.82 Å². The number of unbranched alkanes of at least 4 members (excludes halogenated alkanes) is 19. The zero-order valence-electron chi connectivity index (χ0n) is 42.4. The number of aliphatic hydroxyl groups excluding tert-OH is 1. The number of hydrogen-bond acceptors (Lipinski definition) is 6. The molecule has 0 aliphatic heterocycles. The summed E-state index contributed by atoms with van der Waals surface area (Å²) in [6, 6.07) is -0.887. The van der Waals surface area contributed by atoms with Gasteiger partial charge in [0.1, 0.15) is 13.2 Å². The Morgan fingerprint density at radius 1 is 0.554 bits per heavy atom. The normalized spacial score (nSPS) is 14.9. The molecule has 65 heavy (non-hydrogen) atoms. The van der Waals surface area contributed by atoms with Gasteiger partial charge in [0.2, 0.25) is 5.91 Å². The number of aliphatic hydroxyl groups is 1. The van der Waals surface area contributed by atoms with Crippen molar-refractivity contribution in [1.82, 2.24) is 5.32 Å². The van der Waals surface area contributed by atoms with Gasteiger partial charge in [0.05, 0.1) is 39.9 Å². The monoisotopic (exact) mass is 927 g/mol. The first-order valence-electron chi connectivity index (χ1n) is 26.1. The quantitative estimate of drug-likeness (QED) is 0.0272. The second-order valence-electron chi connectivity index (χ2n) is 18.5. The predicted octanol–water partition coefficient (Wildman–Crippen LogP) is 14.8. The van der Waals surface area contributed by atoms with Gasteiger partial charge in [0.15, 0.2) is 0 Å². The molecule has 0 fully saturated rings. The first-order valence-corrected chi connectivity index (χ1v) is 27.6. The molecule has 0 radical (unpaired) electrons. The van der Waals surface area contributed by atoms with Crippen molar-refractivity contribution in [3.05, 3.63) is 97.2 Å². The molecule has 3 unspecified atom stereocenters. The summed E-state index contributed by atoms with van der Waals surface area (Å²) in [7, 11) is 1.25. The van der Waals surface area contributed by atoms with E-state index in [0.29, 0.717) is 17.4 Å². The van der Waals surface area contributed by atoms with Gasteiger partial charge >= 0.3 is 0 Å². The van der Waals surface area contributed by atoms with Gasteiger partial charge in [-0.05, 0) is 77.0 Å². The molecule has 0 aliphatic rings. The number of amides is 1. The Morgan fingerprint density at radius 2 is 0.938 bits per heavy atom. The number of nitrogens with one attached hydrogen (secondary N) is 1. The highest BCUT2D eigenvalue weighted by molar-refractivity contribution is 7.45. The molecule has 0 saturated heterocycles. The van der Waals surface area contributed by atoms with Crippen molar-refractivity contribution in [2.24, 2.45) is 0 Å². The van der Waals surface area contributed by atoms with E-state index in [1.165, 1.54) is 89.9 Å². The average molecular weight is 927 g/mol. The van der Waals surface area contributed by atoms with E-state index in [0.717, 1.165) is 89.9 Å². The number of carbonyl (C=O) groups excluding carboxylic acids is 1. The molecule has 374 valence electrons. The van der Waals surface area contributed by atoms with E-state index < -0.39 is 20.0 Å². The SMILES string of the molecule is CC/C=C\C/C=C\C/C=C\C/C=C\C/C=C\C/C=C\C/C=C\CCCCCCCCCCCCCCCCCC(=O)NC(COP(=O)([O-])OCC[N+](C)(C)C)C(O)/C=C/CCCCCC. The predicted molar refractivity (Wildman–Crippen MR) is 279 cm³/mol. The lowest BCUT2D eigenvalue weighted by Gasteiger charge is -2.29. The lowest BCUT2D eigenvalue weighted by atomic mass is 10.0. The minimum absolute atomic E-state index is 0.00480. The average Bonchev–Trinajstić information content (AvgIpc) is 3.26. The van der Waals surface area contributed by atoms with E-state index in [1.807, 2.05) is 27.2 Å². The standard InChI is InChI=1S/C56H99N2O6P/c1-6-8-10-12-14-15-16-17-18-19-20-21-22-23-24-25-26-27-28-29-30-31-32-33-34-35-36-37-38-39-40-41-42-43-44-46-48-50-56(60)57-54(55(59)49-47-45-13-11-9-7-2)53-64-65(61,62)63-52-51-58(3,4)5/h8,10,14-15,17-18,20-21,23-24,26-27,29-30,47,49,54-55,59H,6-7,9,11-13,16,19,22,25,28,31-46,48,50-53H2,1-5H3,(H-,57,60,61,62)/b10-8-,15-14-,18-17-,21-20-,24-23-,27-26-,30-29-,49-47+. The molecule has 8 nitrogen and oxygen atoms in total. The van der Waals surface area contributed by atoms with Gasteiger partial charge in [-0.25, -0.2) is 0 Å². The third-order valence-corrected chi connectivity index (χ3v) is 12.0. The number of rotatable bonds is 46. The molecule has 9 heteroatoms. The minimum atomic E-state index is -4.58. The summed E-state index contributed by atoms with van der Waals surface area (Å²) < 4.78 is 23.1. The van der Waals surface area contributed by atoms with Crippen LogP contribution in [0.2, 0.25) is 0 Å². The number of quaternary nitrogens is 1. The Balaban J connectivity index is 3.88. The second-order valence-corrected chi connectivity index (χ2v) is 19.9. The number of nitrogens with zero attached hydrogens (tertiary/aromatic N) is 1. The number of phosphoric ester groups is 1. The van der Waals surface area contributed by atoms with E-state index in [9.17, 15) is 19.4 Å². The third kappa shape index (κ3) is 49.2. The highest BCUT2D eigenvalue weighted by Gasteiger charge is 2.23. The molecule has 1 amide bonds. The third-order valence-electron chi connectivity index (χ3n) is 11.0. The largest absolute Gasteiger partial charge is 0.756 e. The molecule has 3 atom stereocenters. The van der Waals surface area contributed by atoms with Crippen molar-refractivity contribution in [2.75, 3.05) is 40.9 Å². The fourth-order valence-electron chi connectivity index (χ4n) is 6.96. The summed E-state index contributed by atoms with van der Waals surface area (Å²) in [5, 5.41) is 13.6. The van der Waals surface area contributed by atoms with Gasteiger partial charge in [0, 0.05) is 6.42 Å². The lowest BCUT2D eigenvalue weighted by Crippen LogP contribution is -2.45. The Hall–Kier alpha value is -2.58. The van der Waals surface area contributed by atoms with Crippen molar-refractivity contribution < 1.29 is 32.9 Å². The lowest BCUT2D eigenvalue weighted by molar-refractivity contribution is -0.870. The summed E-state index contributed by atoms with van der Waals surface area (Å²) in [4.78, 5) is 25.2. The van der Waals surface area contributed by atoms with Crippen LogP contribution in [0.5, 0.6) is 0 Å². The number of likely N-dealkylation sites (N-methyl/N-ethyl adjacent to an activating group) is 1. The van der Waals surface area contributed by atoms with Crippen LogP contribution >= 0.6 is 7.82 Å². The zero-order chi connectivity index (χ0) is 47.8. The van der Waals surface area contributed by atoms with Crippen LogP contribution in [-0.2, 0) is 18.4 Å². The molecule has 0 aliphatic carbocycles. The smallest absolute Gasteiger partial charge is 0.268 e. The van der Waals surface area contributed by atoms with Crippen molar-refractivity contribution in [3.63, 3.8) is 0 Å². The van der Waals surface area contributed by atoms with E-state index in [2.05, 4.69) is 104 Å². The Kier molecular flexibility index (Phi) is 44.7. The van der Waals surface area contributed by atoms with Gasteiger partial charge in [-0.15, -0.1) is 0 Å². The zero-order valence-corrected chi connectivity index (χ0v) is 43.3. The number of allylic oxidation sites excluding steroid dienone is 15. The molecular formula is C56H99N2O6P. The summed E-state index contributed by atoms with van der Waals surface area (Å²) in [6.45, 7) is 4.43. The second kappa shape index (κ2) is 46.5. The summed E-state index contributed by atoms with van der Waals surface area (Å²) in [5.41, 5.74) is 0. The van der Waals surface area contributed by atoms with Gasteiger partial charge < -0.3 is 28.8 Å². The molecule has 0 spiro atoms. The van der Waals surface area contributed by atoms with E-state index in [1.54, 1.807) is 6.08 Å². The Morgan fingerprint density at radius 3 is 1.37 bits per heavy atom. The fraction of sp³-hybridized carbons (Fsp3) is 0.696. The van der Waals surface area contributed by atoms with Gasteiger partial charge in [-0.1, -0.05) is 214 Å². The first-order chi connectivity index (χ1) is 31.5. The van der Waals surface area contributed by atoms with Crippen LogP contribution < -0.4 is 10.2 Å². The van der Waals surface area contributed by atoms with E-state index in [-0.39, 0.29) is 19.1 Å². The summed E-state index contributed by atoms with van der Waals surface area (Å²) in [6.07, 6.45) is 66.7. The Labute approximate surface area is 400 Å². The number of carbonyl (C=O) groups is 1. The van der Waals surface area contributed by atoms with E-state index >= 15 is 0 Å². The maximum absolute atomic E-state index is 12.8. The summed E-state index contributed by atoms with van der Waals surface area (Å²) >= 11 is 0. The maximum Gasteiger partial charge on any atom is 0.268 e. The maximum atomic E-state index is 12.8. The van der Waals surface area contributed by atoms with E-state index in [4.69, 9.17) is 9.05 Å². The topological polar surface area (TPSA) is 108 Å². The minimum Gasteiger partial charge on any atom is -0.756 e. The van der Waals surface area contributed by atoms with Crippen LogP contribution in [-0.4, -0.2) is 68.5 Å². The fourth-order valence-corrected chi connectivity index (χ4v) is 7.68. The van der Waals surface area contributed by atoms with Crippen LogP contribution in [0.4, 0.5) is 0 Å². The molecule has 0 rings (SSSR count). The number of hydrogen-bond donors (Lipinski definition) is 2. The van der Waals surface area contributed by atoms with Crippen LogP contribution in [0.25, 0.3) is 0 Å². The molecule has 0 heterocycles. The molecule has 0 aromatic heterocycles. The van der Waals surface area contributed by atoms with Crippen LogP contribution in [0.15, 0.2) is 97.2 Å². The molecular weight excluding hydrogens is 828 g/mol. The Bertz CT molecular complexity index is 1370. The van der Waals surface area contributed by atoms with Crippen molar-refractivity contribution in [1.29, 1.82) is 0 Å². The van der Waals surface area contributed by atoms with Gasteiger partial charge in [-0.2, -0.15) is 0 Å². The van der Waals surface area contributed by atoms with Crippen molar-refractivity contribution >= 4 is 13.7 Å². The highest BCUT2D eigenvalue weighted by Crippen LogP contribution is 2.38. The first kappa shape index (κ1) is 62.4. The van der Waals surface area contributed by atoms with Crippen LogP contribution in [0, 0.1) is 0 Å². The van der Waals surface area contributed by atoms with Gasteiger partial charge in [-0.3, -0.25) is 9.36 Å². The van der Waals surface area contributed by atoms with Crippen molar-refractivity contribution in [2.45, 2.75) is 212 Å². The molecule has 0 aromatic carbocycles. The number of phosphoric acid groups is 1. The van der Waals surface area contributed by atoms with Crippen LogP contribution in [0.1, 0.15) is 200 Å². The molecule has 2 N–H and O–H groups in total. The van der Waals surface area contributed by atoms with Crippen molar-refractivity contribution in [3.8, 4) is 0 Å². The molecule has 0 aromatic rings.